The molecule has 1 saturated heterocycles. The molecule has 1 aromatic carbocycles. The number of esters is 1. The number of ether oxygens (including phenoxy) is 3. The number of amides is 2. The van der Waals surface area contributed by atoms with Gasteiger partial charge in [-0.05, 0) is 25.0 Å². The average Bonchev–Trinajstić information content (AvgIpc) is 3.14. The van der Waals surface area contributed by atoms with Crippen molar-refractivity contribution in [2.24, 2.45) is 11.8 Å². The largest absolute Gasteiger partial charge is 0.454 e. The van der Waals surface area contributed by atoms with Crippen LogP contribution >= 0.6 is 0 Å². The van der Waals surface area contributed by atoms with E-state index in [1.165, 1.54) is 6.07 Å². The van der Waals surface area contributed by atoms with Crippen LogP contribution in [0.1, 0.15) is 12.8 Å². The van der Waals surface area contributed by atoms with E-state index in [1.807, 2.05) is 12.2 Å². The van der Waals surface area contributed by atoms with Crippen molar-refractivity contribution in [3.8, 4) is 17.2 Å². The van der Waals surface area contributed by atoms with E-state index < -0.39 is 5.97 Å². The Hall–Kier alpha value is -2.83. The fourth-order valence-corrected chi connectivity index (χ4v) is 3.26. The normalized spacial score (nSPS) is 24.2. The Morgan fingerprint density at radius 1 is 1.08 bits per heavy atom. The summed E-state index contributed by atoms with van der Waals surface area (Å²) in [5.74, 6) is -0.595. The van der Waals surface area contributed by atoms with Gasteiger partial charge in [0.2, 0.25) is 18.6 Å². The van der Waals surface area contributed by atoms with Gasteiger partial charge < -0.3 is 14.2 Å². The van der Waals surface area contributed by atoms with Crippen LogP contribution in [-0.4, -0.2) is 36.0 Å². The van der Waals surface area contributed by atoms with E-state index in [0.29, 0.717) is 24.3 Å². The third-order valence-corrected chi connectivity index (χ3v) is 4.46. The zero-order chi connectivity index (χ0) is 16.7. The zero-order valence-electron chi connectivity index (χ0n) is 12.8. The second kappa shape index (κ2) is 5.67. The number of benzene rings is 1. The molecule has 4 rings (SSSR count). The van der Waals surface area contributed by atoms with Gasteiger partial charge >= 0.3 is 5.97 Å². The summed E-state index contributed by atoms with van der Waals surface area (Å²) in [5.41, 5.74) is 0. The molecule has 24 heavy (non-hydrogen) atoms. The van der Waals surface area contributed by atoms with Crippen LogP contribution in [0.3, 0.4) is 0 Å². The SMILES string of the molecule is O=C(CN1C(=O)[C@H]2CC=CC[C@H]2C1=O)Oc1ccc2c(c1)OCO2. The highest BCUT2D eigenvalue weighted by molar-refractivity contribution is 6.07. The highest BCUT2D eigenvalue weighted by atomic mass is 16.7. The first-order valence-corrected chi connectivity index (χ1v) is 7.74. The minimum Gasteiger partial charge on any atom is -0.454 e. The van der Waals surface area contributed by atoms with Gasteiger partial charge in [-0.25, -0.2) is 4.79 Å². The first-order valence-electron chi connectivity index (χ1n) is 7.74. The standard InChI is InChI=1S/C17H15NO6/c19-15(24-10-5-6-13-14(7-10)23-9-22-13)8-18-16(20)11-3-1-2-4-12(11)17(18)21/h1-2,5-7,11-12H,3-4,8-9H2/t11-,12+. The number of likely N-dealkylation sites (tertiary alicyclic amines) is 1. The summed E-state index contributed by atoms with van der Waals surface area (Å²) in [6, 6.07) is 4.75. The molecule has 2 heterocycles. The fraction of sp³-hybridized carbons (Fsp3) is 0.353. The molecule has 0 bridgehead atoms. The van der Waals surface area contributed by atoms with Gasteiger partial charge in [-0.2, -0.15) is 0 Å². The van der Waals surface area contributed by atoms with Gasteiger partial charge in [-0.15, -0.1) is 0 Å². The quantitative estimate of drug-likeness (QED) is 0.359. The van der Waals surface area contributed by atoms with Crippen molar-refractivity contribution in [1.29, 1.82) is 0 Å². The van der Waals surface area contributed by atoms with Crippen LogP contribution in [0.15, 0.2) is 30.4 Å². The Morgan fingerprint density at radius 3 is 2.46 bits per heavy atom. The minimum atomic E-state index is -0.665. The third kappa shape index (κ3) is 2.42. The Bertz CT molecular complexity index is 729. The van der Waals surface area contributed by atoms with E-state index in [2.05, 4.69) is 0 Å². The third-order valence-electron chi connectivity index (χ3n) is 4.46. The maximum Gasteiger partial charge on any atom is 0.331 e. The molecule has 0 unspecified atom stereocenters. The molecule has 0 N–H and O–H groups in total. The molecule has 1 aliphatic carbocycles. The van der Waals surface area contributed by atoms with Crippen LogP contribution < -0.4 is 14.2 Å². The van der Waals surface area contributed by atoms with Crippen LogP contribution in [0.5, 0.6) is 17.2 Å². The second-order valence-electron chi connectivity index (χ2n) is 5.91. The molecular weight excluding hydrogens is 314 g/mol. The number of carbonyl (C=O) groups is 3. The van der Waals surface area contributed by atoms with Gasteiger partial charge in [0, 0.05) is 6.07 Å². The van der Waals surface area contributed by atoms with Crippen LogP contribution in [0.2, 0.25) is 0 Å². The van der Waals surface area contributed by atoms with Gasteiger partial charge in [0.1, 0.15) is 12.3 Å². The fourth-order valence-electron chi connectivity index (χ4n) is 3.26. The summed E-state index contributed by atoms with van der Waals surface area (Å²) in [4.78, 5) is 37.8. The second-order valence-corrected chi connectivity index (χ2v) is 5.91. The van der Waals surface area contributed by atoms with Crippen LogP contribution in [0.25, 0.3) is 0 Å². The van der Waals surface area contributed by atoms with Gasteiger partial charge in [0.05, 0.1) is 11.8 Å². The summed E-state index contributed by atoms with van der Waals surface area (Å²) >= 11 is 0. The van der Waals surface area contributed by atoms with Crippen molar-refractivity contribution >= 4 is 17.8 Å². The first kappa shape index (κ1) is 14.7. The lowest BCUT2D eigenvalue weighted by Gasteiger charge is -2.14. The predicted molar refractivity (Wildman–Crippen MR) is 80.3 cm³/mol. The Morgan fingerprint density at radius 2 is 1.75 bits per heavy atom. The topological polar surface area (TPSA) is 82.1 Å². The molecule has 0 saturated carbocycles. The molecule has 7 nitrogen and oxygen atoms in total. The number of carbonyl (C=O) groups excluding carboxylic acids is 3. The van der Waals surface area contributed by atoms with Crippen LogP contribution in [-0.2, 0) is 14.4 Å². The number of hydrogen-bond donors (Lipinski definition) is 0. The van der Waals surface area contributed by atoms with Gasteiger partial charge in [-0.3, -0.25) is 14.5 Å². The molecule has 2 atom stereocenters. The van der Waals surface area contributed by atoms with Crippen molar-refractivity contribution in [3.63, 3.8) is 0 Å². The van der Waals surface area contributed by atoms with Crippen molar-refractivity contribution in [2.75, 3.05) is 13.3 Å². The average molecular weight is 329 g/mol. The molecule has 0 spiro atoms. The Balaban J connectivity index is 1.43. The summed E-state index contributed by atoms with van der Waals surface area (Å²) < 4.78 is 15.6. The molecule has 7 heteroatoms. The molecule has 0 radical (unpaired) electrons. The highest BCUT2D eigenvalue weighted by Gasteiger charge is 2.47. The van der Waals surface area contributed by atoms with E-state index in [-0.39, 0.29) is 42.7 Å². The lowest BCUT2D eigenvalue weighted by atomic mass is 9.85. The Kier molecular flexibility index (Phi) is 3.48. The number of imide groups is 1. The molecule has 3 aliphatic rings. The predicted octanol–water partition coefficient (Wildman–Crippen LogP) is 1.27. The number of rotatable bonds is 3. The smallest absolute Gasteiger partial charge is 0.331 e. The van der Waals surface area contributed by atoms with E-state index in [1.54, 1.807) is 12.1 Å². The monoisotopic (exact) mass is 329 g/mol. The summed E-state index contributed by atoms with van der Waals surface area (Å²) in [6.07, 6.45) is 4.90. The lowest BCUT2D eigenvalue weighted by molar-refractivity contribution is -0.148. The molecular formula is C17H15NO6. The molecule has 0 aromatic heterocycles. The van der Waals surface area contributed by atoms with Crippen molar-refractivity contribution in [3.05, 3.63) is 30.4 Å². The maximum absolute atomic E-state index is 12.3. The Labute approximate surface area is 137 Å². The molecule has 1 aromatic rings. The van der Waals surface area contributed by atoms with Gasteiger partial charge in [0.15, 0.2) is 11.5 Å². The van der Waals surface area contributed by atoms with Crippen LogP contribution in [0.4, 0.5) is 0 Å². The number of fused-ring (bicyclic) bond motifs is 2. The zero-order valence-corrected chi connectivity index (χ0v) is 12.8. The van der Waals surface area contributed by atoms with Crippen molar-refractivity contribution in [2.45, 2.75) is 12.8 Å². The summed E-state index contributed by atoms with van der Waals surface area (Å²) in [7, 11) is 0. The highest BCUT2D eigenvalue weighted by Crippen LogP contribution is 2.36. The summed E-state index contributed by atoms with van der Waals surface area (Å²) in [6.45, 7) is -0.251. The van der Waals surface area contributed by atoms with E-state index in [9.17, 15) is 14.4 Å². The number of hydrogen-bond acceptors (Lipinski definition) is 6. The summed E-state index contributed by atoms with van der Waals surface area (Å²) in [5, 5.41) is 0. The first-order chi connectivity index (χ1) is 11.6. The van der Waals surface area contributed by atoms with Gasteiger partial charge in [0.25, 0.3) is 0 Å². The van der Waals surface area contributed by atoms with Crippen molar-refractivity contribution in [1.82, 2.24) is 4.90 Å². The molecule has 2 amide bonds. The van der Waals surface area contributed by atoms with Gasteiger partial charge in [-0.1, -0.05) is 12.2 Å². The lowest BCUT2D eigenvalue weighted by Crippen LogP contribution is -2.37. The van der Waals surface area contributed by atoms with E-state index in [4.69, 9.17) is 14.2 Å². The number of allylic oxidation sites excluding steroid dienone is 2. The van der Waals surface area contributed by atoms with Crippen LogP contribution in [0, 0.1) is 11.8 Å². The maximum atomic E-state index is 12.3. The molecule has 124 valence electrons. The van der Waals surface area contributed by atoms with Crippen molar-refractivity contribution < 1.29 is 28.6 Å². The minimum absolute atomic E-state index is 0.125. The van der Waals surface area contributed by atoms with E-state index in [0.717, 1.165) is 4.90 Å². The molecule has 1 fully saturated rings. The number of nitrogens with zero attached hydrogens (tertiary/aromatic N) is 1. The molecule has 2 aliphatic heterocycles. The van der Waals surface area contributed by atoms with E-state index >= 15 is 0 Å².